The van der Waals surface area contributed by atoms with Crippen LogP contribution in [-0.2, 0) is 35.6 Å². The van der Waals surface area contributed by atoms with Crippen molar-refractivity contribution in [3.8, 4) is 0 Å². The minimum absolute atomic E-state index is 0.0222. The van der Waals surface area contributed by atoms with E-state index in [0.29, 0.717) is 19.4 Å². The maximum Gasteiger partial charge on any atom is 0.243 e. The predicted octanol–water partition coefficient (Wildman–Crippen LogP) is 1.89. The number of nitrogens with zero attached hydrogens (tertiary/aromatic N) is 2. The number of aryl methyl sites for hydroxylation is 2. The smallest absolute Gasteiger partial charge is 0.243 e. The molecule has 0 saturated carbocycles. The lowest BCUT2D eigenvalue weighted by Gasteiger charge is -2.30. The van der Waals surface area contributed by atoms with Crippen molar-refractivity contribution in [3.63, 3.8) is 0 Å². The van der Waals surface area contributed by atoms with E-state index in [1.807, 2.05) is 68.4 Å². The van der Waals surface area contributed by atoms with E-state index in [1.54, 1.807) is 11.6 Å². The Kier molecular flexibility index (Phi) is 17.1. The maximum atomic E-state index is 13.6. The molecular weight excluding hydrogens is 624 g/mol. The van der Waals surface area contributed by atoms with E-state index < -0.39 is 69.4 Å². The Labute approximate surface area is 281 Å². The van der Waals surface area contributed by atoms with Gasteiger partial charge in [0.25, 0.3) is 0 Å². The molecule has 1 aromatic rings. The summed E-state index contributed by atoms with van der Waals surface area (Å²) in [5.74, 6) is -3.70. The standard InChI is InChI=1S/C33H60N6O7S/c1-12-25(17-39-24(10)15-23(9)38-39)31(42)36-27(18-47(11,45)46)32(43)35-26(13-19(2)3)28(40)14-22(8)30(41)37-29(21(6)7)33(44)34-16-20(4)5/h15,19-22,25-29,40H,12-14,16-18H2,1-11H3,(H,34,44)(H,35,43)(H,36,42)(H,37,41)/t22-,25+,26+,27+,28+,29-/m1/s1. The third-order valence-corrected chi connectivity index (χ3v) is 8.89. The molecule has 0 unspecified atom stereocenters. The molecule has 0 aliphatic carbocycles. The first kappa shape index (κ1) is 42.0. The lowest BCUT2D eigenvalue weighted by molar-refractivity contribution is -0.133. The van der Waals surface area contributed by atoms with Gasteiger partial charge in [-0.3, -0.25) is 23.9 Å². The number of aliphatic hydroxyl groups excluding tert-OH is 1. The molecule has 4 amide bonds. The summed E-state index contributed by atoms with van der Waals surface area (Å²) in [5.41, 5.74) is 1.68. The normalized spacial score (nSPS) is 15.9. The number of rotatable bonds is 20. The number of carbonyl (C=O) groups is 4. The number of hydrogen-bond donors (Lipinski definition) is 5. The summed E-state index contributed by atoms with van der Waals surface area (Å²) in [4.78, 5) is 52.7. The predicted molar refractivity (Wildman–Crippen MR) is 183 cm³/mol. The number of aliphatic hydroxyl groups is 1. The number of nitrogens with one attached hydrogen (secondary N) is 4. The van der Waals surface area contributed by atoms with Gasteiger partial charge in [-0.2, -0.15) is 5.10 Å². The van der Waals surface area contributed by atoms with Crippen molar-refractivity contribution in [2.24, 2.45) is 29.6 Å². The molecule has 5 N–H and O–H groups in total. The molecule has 0 radical (unpaired) electrons. The molecule has 0 aliphatic rings. The average molecular weight is 685 g/mol. The summed E-state index contributed by atoms with van der Waals surface area (Å²) in [5, 5.41) is 26.7. The molecule has 0 bridgehead atoms. The van der Waals surface area contributed by atoms with Crippen LogP contribution in [-0.4, -0.2) is 89.7 Å². The van der Waals surface area contributed by atoms with Gasteiger partial charge >= 0.3 is 0 Å². The Bertz CT molecular complexity index is 1290. The van der Waals surface area contributed by atoms with Crippen LogP contribution in [0.15, 0.2) is 6.07 Å². The molecule has 47 heavy (non-hydrogen) atoms. The molecule has 6 atom stereocenters. The van der Waals surface area contributed by atoms with Gasteiger partial charge in [-0.25, -0.2) is 8.42 Å². The van der Waals surface area contributed by atoms with Crippen LogP contribution in [0.2, 0.25) is 0 Å². The summed E-state index contributed by atoms with van der Waals surface area (Å²) in [6.07, 6.45) is 0.566. The second kappa shape index (κ2) is 19.1. The van der Waals surface area contributed by atoms with Crippen molar-refractivity contribution in [3.05, 3.63) is 17.5 Å². The van der Waals surface area contributed by atoms with E-state index >= 15 is 0 Å². The van der Waals surface area contributed by atoms with Crippen molar-refractivity contribution in [1.29, 1.82) is 0 Å². The third kappa shape index (κ3) is 15.2. The quantitative estimate of drug-likeness (QED) is 0.138. The Morgan fingerprint density at radius 3 is 1.96 bits per heavy atom. The minimum Gasteiger partial charge on any atom is -0.391 e. The number of carbonyl (C=O) groups excluding carboxylic acids is 4. The Balaban J connectivity index is 3.08. The second-order valence-electron chi connectivity index (χ2n) is 14.2. The molecule has 0 fully saturated rings. The third-order valence-electron chi connectivity index (χ3n) is 7.95. The Hall–Kier alpha value is -3.00. The molecular formula is C33H60N6O7S. The van der Waals surface area contributed by atoms with Crippen LogP contribution < -0.4 is 21.3 Å². The molecule has 0 aliphatic heterocycles. The Morgan fingerprint density at radius 1 is 0.872 bits per heavy atom. The van der Waals surface area contributed by atoms with Crippen LogP contribution in [0.3, 0.4) is 0 Å². The van der Waals surface area contributed by atoms with Gasteiger partial charge < -0.3 is 26.4 Å². The van der Waals surface area contributed by atoms with Crippen molar-refractivity contribution >= 4 is 33.5 Å². The van der Waals surface area contributed by atoms with E-state index in [9.17, 15) is 32.7 Å². The Morgan fingerprint density at radius 2 is 1.49 bits per heavy atom. The maximum absolute atomic E-state index is 13.6. The number of sulfone groups is 1. The largest absolute Gasteiger partial charge is 0.391 e. The van der Waals surface area contributed by atoms with Crippen LogP contribution in [0.1, 0.15) is 86.0 Å². The van der Waals surface area contributed by atoms with Crippen molar-refractivity contribution < 1.29 is 32.7 Å². The fourth-order valence-corrected chi connectivity index (χ4v) is 6.06. The van der Waals surface area contributed by atoms with Crippen LogP contribution in [0.5, 0.6) is 0 Å². The monoisotopic (exact) mass is 684 g/mol. The van der Waals surface area contributed by atoms with Crippen LogP contribution in [0.4, 0.5) is 0 Å². The van der Waals surface area contributed by atoms with Crippen LogP contribution >= 0.6 is 0 Å². The molecule has 0 saturated heterocycles. The highest BCUT2D eigenvalue weighted by Crippen LogP contribution is 2.17. The molecule has 0 spiro atoms. The van der Waals surface area contributed by atoms with Crippen molar-refractivity contribution in [2.75, 3.05) is 18.6 Å². The second-order valence-corrected chi connectivity index (χ2v) is 16.4. The van der Waals surface area contributed by atoms with Gasteiger partial charge in [-0.15, -0.1) is 0 Å². The highest BCUT2D eigenvalue weighted by Gasteiger charge is 2.33. The SMILES string of the molecule is CC[C@@H](Cn1nc(C)cc1C)C(=O)N[C@@H](CS(C)(=O)=O)C(=O)N[C@@H](CC(C)C)[C@@H](O)C[C@@H](C)C(=O)N[C@@H](C(=O)NCC(C)C)C(C)C. The van der Waals surface area contributed by atoms with Crippen molar-refractivity contribution in [2.45, 2.75) is 119 Å². The van der Waals surface area contributed by atoms with Gasteiger partial charge in [0.05, 0.1) is 36.1 Å². The molecule has 1 aromatic heterocycles. The fraction of sp³-hybridized carbons (Fsp3) is 0.788. The zero-order valence-electron chi connectivity index (χ0n) is 30.2. The zero-order valence-corrected chi connectivity index (χ0v) is 31.0. The van der Waals surface area contributed by atoms with E-state index in [-0.39, 0.29) is 36.6 Å². The molecule has 1 heterocycles. The molecule has 270 valence electrons. The lowest BCUT2D eigenvalue weighted by Crippen LogP contribution is -2.56. The summed E-state index contributed by atoms with van der Waals surface area (Å²) in [7, 11) is -3.69. The first-order valence-electron chi connectivity index (χ1n) is 16.7. The first-order chi connectivity index (χ1) is 21.6. The fourth-order valence-electron chi connectivity index (χ4n) is 5.22. The van der Waals surface area contributed by atoms with Gasteiger partial charge in [0, 0.05) is 24.4 Å². The van der Waals surface area contributed by atoms with Gasteiger partial charge in [-0.05, 0) is 56.9 Å². The van der Waals surface area contributed by atoms with E-state index in [2.05, 4.69) is 26.4 Å². The number of aromatic nitrogens is 2. The summed E-state index contributed by atoms with van der Waals surface area (Å²) in [6.45, 7) is 19.4. The van der Waals surface area contributed by atoms with E-state index in [1.165, 1.54) is 0 Å². The van der Waals surface area contributed by atoms with Gasteiger partial charge in [0.15, 0.2) is 0 Å². The molecule has 13 nitrogen and oxygen atoms in total. The molecule has 0 aromatic carbocycles. The molecule has 14 heteroatoms. The molecule has 1 rings (SSSR count). The highest BCUT2D eigenvalue weighted by molar-refractivity contribution is 7.90. The summed E-state index contributed by atoms with van der Waals surface area (Å²) in [6, 6.07) is -1.09. The first-order valence-corrected chi connectivity index (χ1v) is 18.8. The van der Waals surface area contributed by atoms with Gasteiger partial charge in [0.1, 0.15) is 21.9 Å². The number of hydrogen-bond acceptors (Lipinski definition) is 8. The lowest BCUT2D eigenvalue weighted by atomic mass is 9.91. The van der Waals surface area contributed by atoms with Gasteiger partial charge in [0.2, 0.25) is 23.6 Å². The average Bonchev–Trinajstić information content (AvgIpc) is 3.26. The van der Waals surface area contributed by atoms with Crippen molar-refractivity contribution in [1.82, 2.24) is 31.0 Å². The minimum atomic E-state index is -3.69. The van der Waals surface area contributed by atoms with Gasteiger partial charge in [-0.1, -0.05) is 55.4 Å². The zero-order chi connectivity index (χ0) is 36.2. The number of amides is 4. The topological polar surface area (TPSA) is 189 Å². The van der Waals surface area contributed by atoms with E-state index in [0.717, 1.165) is 17.6 Å². The highest BCUT2D eigenvalue weighted by atomic mass is 32.2. The van der Waals surface area contributed by atoms with E-state index in [4.69, 9.17) is 0 Å². The summed E-state index contributed by atoms with van der Waals surface area (Å²) >= 11 is 0. The van der Waals surface area contributed by atoms with Crippen LogP contribution in [0, 0.1) is 43.4 Å². The summed E-state index contributed by atoms with van der Waals surface area (Å²) < 4.78 is 26.3. The van der Waals surface area contributed by atoms with Crippen LogP contribution in [0.25, 0.3) is 0 Å².